The van der Waals surface area contributed by atoms with Gasteiger partial charge in [0.15, 0.2) is 0 Å². The van der Waals surface area contributed by atoms with E-state index in [9.17, 15) is 0 Å². The minimum Gasteiger partial charge on any atom is -0.316 e. The summed E-state index contributed by atoms with van der Waals surface area (Å²) in [5.74, 6) is 0.586. The van der Waals surface area contributed by atoms with Gasteiger partial charge >= 0.3 is 0 Å². The first-order valence-electron chi connectivity index (χ1n) is 6.88. The van der Waals surface area contributed by atoms with Gasteiger partial charge in [-0.15, -0.1) is 5.10 Å². The third-order valence-electron chi connectivity index (χ3n) is 4.11. The van der Waals surface area contributed by atoms with Crippen molar-refractivity contribution >= 4 is 0 Å². The summed E-state index contributed by atoms with van der Waals surface area (Å²) in [6.07, 6.45) is 5.36. The molecule has 0 amide bonds. The van der Waals surface area contributed by atoms with Crippen LogP contribution in [0.1, 0.15) is 29.2 Å². The summed E-state index contributed by atoms with van der Waals surface area (Å²) in [4.78, 5) is 0. The van der Waals surface area contributed by atoms with Crippen LogP contribution in [0.15, 0.2) is 30.5 Å². The van der Waals surface area contributed by atoms with Gasteiger partial charge in [-0.3, -0.25) is 4.68 Å². The summed E-state index contributed by atoms with van der Waals surface area (Å²) in [5, 5.41) is 11.7. The van der Waals surface area contributed by atoms with Gasteiger partial charge in [-0.1, -0.05) is 29.5 Å². The van der Waals surface area contributed by atoms with E-state index >= 15 is 0 Å². The smallest absolute Gasteiger partial charge is 0.0842 e. The van der Waals surface area contributed by atoms with Crippen LogP contribution in [-0.4, -0.2) is 28.1 Å². The van der Waals surface area contributed by atoms with Gasteiger partial charge in [-0.25, -0.2) is 0 Å². The molecule has 1 aromatic heterocycles. The number of fused-ring (bicyclic) bond motifs is 1. The lowest BCUT2D eigenvalue weighted by Gasteiger charge is -2.23. The molecule has 1 N–H and O–H groups in total. The molecule has 0 spiro atoms. The molecular weight excluding hydrogens is 236 g/mol. The lowest BCUT2D eigenvalue weighted by Crippen LogP contribution is -2.33. The zero-order chi connectivity index (χ0) is 13.2. The Kier molecular flexibility index (Phi) is 3.34. The van der Waals surface area contributed by atoms with E-state index in [1.54, 1.807) is 4.68 Å². The van der Waals surface area contributed by atoms with Gasteiger partial charge in [0.2, 0.25) is 0 Å². The lowest BCUT2D eigenvalue weighted by molar-refractivity contribution is 0.452. The average Bonchev–Trinajstić information content (AvgIpc) is 3.02. The maximum atomic E-state index is 4.20. The number of nitrogens with zero attached hydrogens (tertiary/aromatic N) is 3. The number of hydrogen-bond donors (Lipinski definition) is 1. The van der Waals surface area contributed by atoms with E-state index in [-0.39, 0.29) is 0 Å². The highest BCUT2D eigenvalue weighted by atomic mass is 15.4. The van der Waals surface area contributed by atoms with E-state index in [4.69, 9.17) is 0 Å². The minimum atomic E-state index is 0.431. The Morgan fingerprint density at radius 1 is 1.42 bits per heavy atom. The van der Waals surface area contributed by atoms with E-state index in [2.05, 4.69) is 39.9 Å². The van der Waals surface area contributed by atoms with Crippen LogP contribution in [-0.2, 0) is 19.9 Å². The normalized spacial score (nSPS) is 19.4. The third-order valence-corrected chi connectivity index (χ3v) is 4.11. The summed E-state index contributed by atoms with van der Waals surface area (Å²) in [5.41, 5.74) is 4.07. The largest absolute Gasteiger partial charge is 0.316 e. The molecule has 0 saturated heterocycles. The van der Waals surface area contributed by atoms with Gasteiger partial charge in [0.25, 0.3) is 0 Å². The SMILES string of the molecule is CNC(Cc1cn(C)nn1)C1CCc2ccccc21. The molecule has 1 heterocycles. The number of benzene rings is 1. The fraction of sp³-hybridized carbons (Fsp3) is 0.467. The van der Waals surface area contributed by atoms with Crippen molar-refractivity contribution in [1.82, 2.24) is 20.3 Å². The highest BCUT2D eigenvalue weighted by molar-refractivity contribution is 5.36. The molecule has 4 nitrogen and oxygen atoms in total. The van der Waals surface area contributed by atoms with Crippen molar-refractivity contribution in [3.05, 3.63) is 47.3 Å². The molecular formula is C15H20N4. The van der Waals surface area contributed by atoms with Crippen molar-refractivity contribution < 1.29 is 0 Å². The second kappa shape index (κ2) is 5.13. The van der Waals surface area contributed by atoms with Crippen LogP contribution in [0.3, 0.4) is 0 Å². The number of likely N-dealkylation sites (N-methyl/N-ethyl adjacent to an activating group) is 1. The Morgan fingerprint density at radius 2 is 2.26 bits per heavy atom. The molecule has 0 radical (unpaired) electrons. The maximum absolute atomic E-state index is 4.20. The van der Waals surface area contributed by atoms with Crippen molar-refractivity contribution in [3.8, 4) is 0 Å². The standard InChI is InChI=1S/C15H20N4/c1-16-15(9-12-10-19(2)18-17-12)14-8-7-11-5-3-4-6-13(11)14/h3-6,10,14-16H,7-9H2,1-2H3. The topological polar surface area (TPSA) is 42.7 Å². The molecule has 100 valence electrons. The maximum Gasteiger partial charge on any atom is 0.0842 e. The van der Waals surface area contributed by atoms with Crippen molar-refractivity contribution in [1.29, 1.82) is 0 Å². The zero-order valence-corrected chi connectivity index (χ0v) is 11.5. The molecule has 1 aliphatic rings. The molecule has 0 saturated carbocycles. The van der Waals surface area contributed by atoms with E-state index in [0.29, 0.717) is 12.0 Å². The van der Waals surface area contributed by atoms with E-state index in [1.807, 2.05) is 20.3 Å². The van der Waals surface area contributed by atoms with Crippen molar-refractivity contribution in [2.24, 2.45) is 7.05 Å². The first kappa shape index (κ1) is 12.4. The molecule has 1 aromatic carbocycles. The molecule has 2 atom stereocenters. The first-order valence-corrected chi connectivity index (χ1v) is 6.88. The number of nitrogens with one attached hydrogen (secondary N) is 1. The average molecular weight is 256 g/mol. The van der Waals surface area contributed by atoms with Crippen LogP contribution in [0.2, 0.25) is 0 Å². The van der Waals surface area contributed by atoms with Gasteiger partial charge in [0.05, 0.1) is 5.69 Å². The molecule has 2 unspecified atom stereocenters. The summed E-state index contributed by atoms with van der Waals surface area (Å²) in [6.45, 7) is 0. The van der Waals surface area contributed by atoms with Crippen molar-refractivity contribution in [2.45, 2.75) is 31.2 Å². The molecule has 0 fully saturated rings. The monoisotopic (exact) mass is 256 g/mol. The third kappa shape index (κ3) is 2.40. The van der Waals surface area contributed by atoms with E-state index < -0.39 is 0 Å². The molecule has 3 rings (SSSR count). The van der Waals surface area contributed by atoms with Crippen LogP contribution < -0.4 is 5.32 Å². The van der Waals surface area contributed by atoms with Gasteiger partial charge in [-0.2, -0.15) is 0 Å². The molecule has 4 heteroatoms. The summed E-state index contributed by atoms with van der Waals surface area (Å²) in [7, 11) is 3.96. The van der Waals surface area contributed by atoms with Crippen LogP contribution in [0.5, 0.6) is 0 Å². The van der Waals surface area contributed by atoms with E-state index in [0.717, 1.165) is 12.1 Å². The van der Waals surface area contributed by atoms with Crippen molar-refractivity contribution in [3.63, 3.8) is 0 Å². The first-order chi connectivity index (χ1) is 9.28. The summed E-state index contributed by atoms with van der Waals surface area (Å²) in [6, 6.07) is 9.24. The fourth-order valence-electron chi connectivity index (χ4n) is 3.17. The van der Waals surface area contributed by atoms with Gasteiger partial charge in [-0.05, 0) is 31.0 Å². The van der Waals surface area contributed by atoms with Crippen LogP contribution in [0, 0.1) is 0 Å². The second-order valence-electron chi connectivity index (χ2n) is 5.33. The summed E-state index contributed by atoms with van der Waals surface area (Å²) < 4.78 is 1.77. The Morgan fingerprint density at radius 3 is 3.00 bits per heavy atom. The Hall–Kier alpha value is -1.68. The number of aryl methyl sites for hydroxylation is 2. The van der Waals surface area contributed by atoms with Gasteiger partial charge in [0, 0.05) is 31.6 Å². The number of hydrogen-bond acceptors (Lipinski definition) is 3. The van der Waals surface area contributed by atoms with E-state index in [1.165, 1.54) is 24.0 Å². The minimum absolute atomic E-state index is 0.431. The van der Waals surface area contributed by atoms with Gasteiger partial charge in [0.1, 0.15) is 0 Å². The van der Waals surface area contributed by atoms with Crippen molar-refractivity contribution in [2.75, 3.05) is 7.05 Å². The Bertz CT molecular complexity index is 561. The highest BCUT2D eigenvalue weighted by Crippen LogP contribution is 2.36. The zero-order valence-electron chi connectivity index (χ0n) is 11.5. The Balaban J connectivity index is 1.80. The second-order valence-corrected chi connectivity index (χ2v) is 5.33. The molecule has 2 aromatic rings. The Labute approximate surface area is 113 Å². The number of rotatable bonds is 4. The molecule has 1 aliphatic carbocycles. The molecule has 0 bridgehead atoms. The molecule has 19 heavy (non-hydrogen) atoms. The van der Waals surface area contributed by atoms with Crippen LogP contribution in [0.25, 0.3) is 0 Å². The highest BCUT2D eigenvalue weighted by Gasteiger charge is 2.29. The predicted octanol–water partition coefficient (Wildman–Crippen LogP) is 1.68. The lowest BCUT2D eigenvalue weighted by atomic mass is 9.90. The van der Waals surface area contributed by atoms with Crippen LogP contribution in [0.4, 0.5) is 0 Å². The van der Waals surface area contributed by atoms with Gasteiger partial charge < -0.3 is 5.32 Å². The fourth-order valence-corrected chi connectivity index (χ4v) is 3.17. The summed E-state index contributed by atoms with van der Waals surface area (Å²) >= 11 is 0. The quantitative estimate of drug-likeness (QED) is 0.905. The van der Waals surface area contributed by atoms with Crippen LogP contribution >= 0.6 is 0 Å². The number of aromatic nitrogens is 3. The molecule has 0 aliphatic heterocycles. The predicted molar refractivity (Wildman–Crippen MR) is 75.1 cm³/mol.